The second kappa shape index (κ2) is 6.00. The van der Waals surface area contributed by atoms with Crippen molar-refractivity contribution in [2.24, 2.45) is 0 Å². The number of oxazole rings is 1. The minimum absolute atomic E-state index is 0.105. The molecule has 3 heterocycles. The molecule has 0 aliphatic heterocycles. The highest BCUT2D eigenvalue weighted by Gasteiger charge is 2.15. The Balaban J connectivity index is 1.52. The number of carbonyl (C=O) groups is 1. The summed E-state index contributed by atoms with van der Waals surface area (Å²) in [4.78, 5) is 31.9. The number of carbonyl (C=O) groups excluding carboxylic acids is 1. The molecule has 0 aliphatic rings. The highest BCUT2D eigenvalue weighted by molar-refractivity contribution is 5.89. The first-order chi connectivity index (χ1) is 12.2. The second-order valence-electron chi connectivity index (χ2n) is 4.97. The van der Waals surface area contributed by atoms with Gasteiger partial charge < -0.3 is 8.83 Å². The van der Waals surface area contributed by atoms with Gasteiger partial charge in [-0.15, -0.1) is 5.10 Å². The van der Waals surface area contributed by atoms with Gasteiger partial charge in [0.1, 0.15) is 12.2 Å². The summed E-state index contributed by atoms with van der Waals surface area (Å²) in [6.07, 6.45) is 4.44. The SMILES string of the molecule is O=C(Cn1c(=O)oc2ccccc21)Nc1nnc(-c2cnccn2)o1. The molecule has 3 aromatic heterocycles. The molecule has 4 aromatic rings. The number of rotatable bonds is 4. The number of para-hydroxylation sites is 2. The molecule has 1 N–H and O–H groups in total. The zero-order chi connectivity index (χ0) is 17.2. The standard InChI is InChI=1S/C15H10N6O4/c22-12(8-21-10-3-1-2-4-11(10)24-15(21)23)18-14-20-19-13(25-14)9-7-16-5-6-17-9/h1-7H,8H2,(H,18,20,22). The average molecular weight is 338 g/mol. The number of hydrogen-bond donors (Lipinski definition) is 1. The minimum atomic E-state index is -0.623. The summed E-state index contributed by atoms with van der Waals surface area (Å²) in [6, 6.07) is 6.72. The molecule has 0 atom stereocenters. The number of benzene rings is 1. The van der Waals surface area contributed by atoms with E-state index in [0.29, 0.717) is 16.8 Å². The quantitative estimate of drug-likeness (QED) is 0.585. The molecule has 0 saturated carbocycles. The largest absolute Gasteiger partial charge is 0.420 e. The van der Waals surface area contributed by atoms with E-state index in [4.69, 9.17) is 8.83 Å². The number of nitrogens with one attached hydrogen (secondary N) is 1. The van der Waals surface area contributed by atoms with E-state index in [1.54, 1.807) is 24.3 Å². The van der Waals surface area contributed by atoms with Gasteiger partial charge in [0.25, 0.3) is 5.89 Å². The number of aromatic nitrogens is 5. The van der Waals surface area contributed by atoms with Crippen molar-refractivity contribution >= 4 is 23.0 Å². The smallest absolute Gasteiger partial charge is 0.408 e. The van der Waals surface area contributed by atoms with E-state index in [1.807, 2.05) is 0 Å². The van der Waals surface area contributed by atoms with Gasteiger partial charge in [-0.3, -0.25) is 19.7 Å². The van der Waals surface area contributed by atoms with E-state index in [1.165, 1.54) is 23.2 Å². The van der Waals surface area contributed by atoms with E-state index in [9.17, 15) is 9.59 Å². The van der Waals surface area contributed by atoms with Crippen molar-refractivity contribution < 1.29 is 13.6 Å². The summed E-state index contributed by atoms with van der Waals surface area (Å²) in [7, 11) is 0. The molecule has 0 spiro atoms. The van der Waals surface area contributed by atoms with Crippen LogP contribution in [0.5, 0.6) is 0 Å². The zero-order valence-corrected chi connectivity index (χ0v) is 12.6. The van der Waals surface area contributed by atoms with Crippen molar-refractivity contribution in [2.45, 2.75) is 6.54 Å². The summed E-state index contributed by atoms with van der Waals surface area (Å²) >= 11 is 0. The van der Waals surface area contributed by atoms with E-state index in [-0.39, 0.29) is 18.5 Å². The van der Waals surface area contributed by atoms with Crippen LogP contribution in [0, 0.1) is 0 Å². The van der Waals surface area contributed by atoms with E-state index in [0.717, 1.165) is 0 Å². The molecule has 0 fully saturated rings. The zero-order valence-electron chi connectivity index (χ0n) is 12.6. The second-order valence-corrected chi connectivity index (χ2v) is 4.97. The maximum atomic E-state index is 12.2. The van der Waals surface area contributed by atoms with Gasteiger partial charge in [0.05, 0.1) is 11.7 Å². The maximum Gasteiger partial charge on any atom is 0.420 e. The van der Waals surface area contributed by atoms with Gasteiger partial charge in [-0.2, -0.15) is 0 Å². The van der Waals surface area contributed by atoms with Gasteiger partial charge in [0.15, 0.2) is 5.58 Å². The molecule has 124 valence electrons. The normalized spacial score (nSPS) is 10.9. The summed E-state index contributed by atoms with van der Waals surface area (Å²) in [5.74, 6) is -1.01. The molecular formula is C15H10N6O4. The van der Waals surface area contributed by atoms with Crippen LogP contribution in [0.25, 0.3) is 22.7 Å². The molecule has 0 unspecified atom stereocenters. The molecule has 0 bridgehead atoms. The van der Waals surface area contributed by atoms with Gasteiger partial charge in [0.2, 0.25) is 5.91 Å². The first-order valence-corrected chi connectivity index (χ1v) is 7.19. The monoisotopic (exact) mass is 338 g/mol. The molecule has 1 aromatic carbocycles. The fourth-order valence-electron chi connectivity index (χ4n) is 2.25. The maximum absolute atomic E-state index is 12.2. The molecule has 0 saturated heterocycles. The number of fused-ring (bicyclic) bond motifs is 1. The Morgan fingerprint density at radius 1 is 1.16 bits per heavy atom. The predicted molar refractivity (Wildman–Crippen MR) is 84.4 cm³/mol. The Bertz CT molecular complexity index is 1100. The highest BCUT2D eigenvalue weighted by Crippen LogP contribution is 2.16. The van der Waals surface area contributed by atoms with Crippen LogP contribution in [0.2, 0.25) is 0 Å². The van der Waals surface area contributed by atoms with Crippen LogP contribution in [0.1, 0.15) is 0 Å². The van der Waals surface area contributed by atoms with Crippen molar-refractivity contribution in [1.82, 2.24) is 24.7 Å². The number of amides is 1. The Labute approximate surface area is 139 Å². The van der Waals surface area contributed by atoms with Crippen LogP contribution < -0.4 is 11.1 Å². The molecule has 10 heteroatoms. The van der Waals surface area contributed by atoms with Gasteiger partial charge >= 0.3 is 11.8 Å². The topological polar surface area (TPSA) is 129 Å². The van der Waals surface area contributed by atoms with Gasteiger partial charge in [-0.05, 0) is 12.1 Å². The first-order valence-electron chi connectivity index (χ1n) is 7.19. The van der Waals surface area contributed by atoms with Crippen LogP contribution in [0.3, 0.4) is 0 Å². The fraction of sp³-hybridized carbons (Fsp3) is 0.0667. The lowest BCUT2D eigenvalue weighted by atomic mass is 10.3. The van der Waals surface area contributed by atoms with E-state index >= 15 is 0 Å². The third-order valence-electron chi connectivity index (χ3n) is 3.33. The van der Waals surface area contributed by atoms with E-state index in [2.05, 4.69) is 25.5 Å². The van der Waals surface area contributed by atoms with Crippen molar-refractivity contribution in [3.63, 3.8) is 0 Å². The van der Waals surface area contributed by atoms with Gasteiger partial charge in [-0.1, -0.05) is 17.2 Å². The molecule has 0 aliphatic carbocycles. The lowest BCUT2D eigenvalue weighted by Crippen LogP contribution is -2.24. The summed E-state index contributed by atoms with van der Waals surface area (Å²) < 4.78 is 11.6. The highest BCUT2D eigenvalue weighted by atomic mass is 16.4. The van der Waals surface area contributed by atoms with Gasteiger partial charge in [0, 0.05) is 12.4 Å². The predicted octanol–water partition coefficient (Wildman–Crippen LogP) is 1.07. The number of anilines is 1. The Morgan fingerprint density at radius 2 is 2.04 bits per heavy atom. The Kier molecular flexibility index (Phi) is 3.54. The van der Waals surface area contributed by atoms with Crippen LogP contribution in [-0.4, -0.2) is 30.6 Å². The van der Waals surface area contributed by atoms with Crippen LogP contribution in [0.4, 0.5) is 6.01 Å². The lowest BCUT2D eigenvalue weighted by molar-refractivity contribution is -0.116. The van der Waals surface area contributed by atoms with Gasteiger partial charge in [-0.25, -0.2) is 9.78 Å². The molecular weight excluding hydrogens is 328 g/mol. The summed E-state index contributed by atoms with van der Waals surface area (Å²) in [5, 5.41) is 9.94. The van der Waals surface area contributed by atoms with Crippen molar-refractivity contribution in [3.8, 4) is 11.6 Å². The van der Waals surface area contributed by atoms with Crippen LogP contribution in [0.15, 0.2) is 56.5 Å². The molecule has 1 amide bonds. The third-order valence-corrected chi connectivity index (χ3v) is 3.33. The van der Waals surface area contributed by atoms with Crippen molar-refractivity contribution in [2.75, 3.05) is 5.32 Å². The lowest BCUT2D eigenvalue weighted by Gasteiger charge is -2.01. The van der Waals surface area contributed by atoms with Crippen molar-refractivity contribution in [1.29, 1.82) is 0 Å². The molecule has 0 radical (unpaired) electrons. The third kappa shape index (κ3) is 2.87. The molecule has 10 nitrogen and oxygen atoms in total. The Hall–Kier alpha value is -3.82. The average Bonchev–Trinajstić information content (AvgIpc) is 3.21. The minimum Gasteiger partial charge on any atom is -0.408 e. The Morgan fingerprint density at radius 3 is 2.88 bits per heavy atom. The fourth-order valence-corrected chi connectivity index (χ4v) is 2.25. The van der Waals surface area contributed by atoms with Crippen LogP contribution >= 0.6 is 0 Å². The number of nitrogens with zero attached hydrogens (tertiary/aromatic N) is 5. The summed E-state index contributed by atoms with van der Waals surface area (Å²) in [5.41, 5.74) is 1.31. The number of hydrogen-bond acceptors (Lipinski definition) is 8. The van der Waals surface area contributed by atoms with E-state index < -0.39 is 11.7 Å². The van der Waals surface area contributed by atoms with Crippen molar-refractivity contribution in [3.05, 3.63) is 53.4 Å². The molecule has 4 rings (SSSR count). The summed E-state index contributed by atoms with van der Waals surface area (Å²) in [6.45, 7) is -0.251. The molecule has 25 heavy (non-hydrogen) atoms. The van der Waals surface area contributed by atoms with Crippen LogP contribution in [-0.2, 0) is 11.3 Å². The first kappa shape index (κ1) is 14.8.